The molecule has 1 aromatic carbocycles. The minimum absolute atomic E-state index is 0.0507. The molecule has 1 aliphatic heterocycles. The lowest BCUT2D eigenvalue weighted by Gasteiger charge is -2.35. The number of pyridine rings is 1. The molecule has 0 N–H and O–H groups in total. The summed E-state index contributed by atoms with van der Waals surface area (Å²) in [6.45, 7) is 2.85. The first-order valence-electron chi connectivity index (χ1n) is 7.15. The van der Waals surface area contributed by atoms with Gasteiger partial charge in [0.25, 0.3) is 5.91 Å². The van der Waals surface area contributed by atoms with Gasteiger partial charge in [0.05, 0.1) is 10.6 Å². The largest absolute Gasteiger partial charge is 0.353 e. The molecule has 0 aliphatic carbocycles. The van der Waals surface area contributed by atoms with Gasteiger partial charge in [-0.3, -0.25) is 4.79 Å². The van der Waals surface area contributed by atoms with Crippen LogP contribution in [-0.4, -0.2) is 42.0 Å². The van der Waals surface area contributed by atoms with E-state index in [1.165, 1.54) is 0 Å². The van der Waals surface area contributed by atoms with Crippen LogP contribution < -0.4 is 4.90 Å². The molecule has 0 unspecified atom stereocenters. The summed E-state index contributed by atoms with van der Waals surface area (Å²) < 4.78 is 0.877. The van der Waals surface area contributed by atoms with Crippen LogP contribution in [0.15, 0.2) is 36.5 Å². The predicted octanol–water partition coefficient (Wildman–Crippen LogP) is 3.96. The van der Waals surface area contributed by atoms with Crippen LogP contribution in [0.3, 0.4) is 0 Å². The van der Waals surface area contributed by atoms with Crippen molar-refractivity contribution in [3.8, 4) is 0 Å². The van der Waals surface area contributed by atoms with Gasteiger partial charge in [0, 0.05) is 41.0 Å². The van der Waals surface area contributed by atoms with Gasteiger partial charge < -0.3 is 9.80 Å². The van der Waals surface area contributed by atoms with Gasteiger partial charge in [-0.25, -0.2) is 4.98 Å². The molecule has 7 heteroatoms. The minimum atomic E-state index is 0.0507. The third-order valence-corrected chi connectivity index (χ3v) is 5.12. The highest BCUT2D eigenvalue weighted by Gasteiger charge is 2.24. The van der Waals surface area contributed by atoms with Crippen molar-refractivity contribution in [1.82, 2.24) is 9.88 Å². The molecule has 23 heavy (non-hydrogen) atoms. The lowest BCUT2D eigenvalue weighted by atomic mass is 10.2. The van der Waals surface area contributed by atoms with Crippen molar-refractivity contribution in [2.24, 2.45) is 0 Å². The first kappa shape index (κ1) is 16.8. The van der Waals surface area contributed by atoms with Crippen LogP contribution in [0.2, 0.25) is 10.0 Å². The first-order valence-corrected chi connectivity index (χ1v) is 8.99. The highest BCUT2D eigenvalue weighted by molar-refractivity contribution is 14.1. The fraction of sp³-hybridized carbons (Fsp3) is 0.250. The molecule has 4 nitrogen and oxygen atoms in total. The van der Waals surface area contributed by atoms with Gasteiger partial charge in [0.1, 0.15) is 5.82 Å². The molecule has 0 bridgehead atoms. The fourth-order valence-corrected chi connectivity index (χ4v) is 3.74. The molecule has 1 saturated heterocycles. The quantitative estimate of drug-likeness (QED) is 0.635. The second-order valence-corrected chi connectivity index (χ2v) is 7.27. The zero-order valence-corrected chi connectivity index (χ0v) is 15.8. The van der Waals surface area contributed by atoms with E-state index in [0.29, 0.717) is 28.7 Å². The Labute approximate surface area is 158 Å². The maximum absolute atomic E-state index is 12.6. The van der Waals surface area contributed by atoms with Crippen LogP contribution in [0.1, 0.15) is 10.4 Å². The van der Waals surface area contributed by atoms with Gasteiger partial charge in [0.2, 0.25) is 0 Å². The minimum Gasteiger partial charge on any atom is -0.353 e. The zero-order valence-electron chi connectivity index (χ0n) is 12.2. The number of hydrogen-bond donors (Lipinski definition) is 0. The number of piperazine rings is 1. The van der Waals surface area contributed by atoms with Crippen molar-refractivity contribution in [2.45, 2.75) is 0 Å². The number of carbonyl (C=O) groups excluding carboxylic acids is 1. The van der Waals surface area contributed by atoms with Crippen LogP contribution in [-0.2, 0) is 0 Å². The van der Waals surface area contributed by atoms with Crippen LogP contribution in [0.5, 0.6) is 0 Å². The number of benzene rings is 1. The van der Waals surface area contributed by atoms with Crippen LogP contribution in [0.4, 0.5) is 5.82 Å². The maximum atomic E-state index is 12.6. The molecule has 2 heterocycles. The summed E-state index contributed by atoms with van der Waals surface area (Å²) in [5, 5.41) is 1.27. The van der Waals surface area contributed by atoms with Gasteiger partial charge in [-0.2, -0.15) is 0 Å². The van der Waals surface area contributed by atoms with Crippen LogP contribution in [0, 0.1) is 3.57 Å². The van der Waals surface area contributed by atoms with E-state index in [2.05, 4.69) is 32.5 Å². The molecule has 3 rings (SSSR count). The molecule has 1 aliphatic rings. The standard InChI is InChI=1S/C16H14Cl2IN3O/c17-11-1-3-13(14(19)9-11)16(23)22-7-5-21(6-8-22)15-4-2-12(18)10-20-15/h1-4,9-10H,5-8H2. The number of carbonyl (C=O) groups is 1. The molecule has 0 spiro atoms. The second kappa shape index (κ2) is 7.23. The molecule has 0 saturated carbocycles. The van der Waals surface area contributed by atoms with E-state index >= 15 is 0 Å². The Kier molecular flexibility index (Phi) is 5.28. The zero-order chi connectivity index (χ0) is 16.4. The molecule has 0 atom stereocenters. The Morgan fingerprint density at radius 1 is 1.04 bits per heavy atom. The third-order valence-electron chi connectivity index (χ3n) is 3.76. The smallest absolute Gasteiger partial charge is 0.255 e. The molecular formula is C16H14Cl2IN3O. The second-order valence-electron chi connectivity index (χ2n) is 5.24. The number of anilines is 1. The summed E-state index contributed by atoms with van der Waals surface area (Å²) in [4.78, 5) is 21.0. The van der Waals surface area contributed by atoms with Crippen molar-refractivity contribution in [3.63, 3.8) is 0 Å². The van der Waals surface area contributed by atoms with E-state index in [-0.39, 0.29) is 5.91 Å². The molecule has 1 aromatic heterocycles. The highest BCUT2D eigenvalue weighted by Crippen LogP contribution is 2.21. The average molecular weight is 462 g/mol. The van der Waals surface area contributed by atoms with E-state index in [1.807, 2.05) is 23.1 Å². The lowest BCUT2D eigenvalue weighted by Crippen LogP contribution is -2.49. The Balaban J connectivity index is 1.66. The molecule has 1 amide bonds. The van der Waals surface area contributed by atoms with Crippen molar-refractivity contribution in [2.75, 3.05) is 31.1 Å². The molecular weight excluding hydrogens is 448 g/mol. The average Bonchev–Trinajstić information content (AvgIpc) is 2.55. The summed E-state index contributed by atoms with van der Waals surface area (Å²) in [7, 11) is 0. The predicted molar refractivity (Wildman–Crippen MR) is 102 cm³/mol. The normalized spacial score (nSPS) is 14.9. The summed E-state index contributed by atoms with van der Waals surface area (Å²) >= 11 is 14.0. The van der Waals surface area contributed by atoms with Gasteiger partial charge in [0.15, 0.2) is 0 Å². The number of aromatic nitrogens is 1. The Morgan fingerprint density at radius 3 is 2.35 bits per heavy atom. The number of hydrogen-bond acceptors (Lipinski definition) is 3. The molecule has 0 radical (unpaired) electrons. The van der Waals surface area contributed by atoms with E-state index in [9.17, 15) is 4.79 Å². The maximum Gasteiger partial charge on any atom is 0.255 e. The number of amides is 1. The van der Waals surface area contributed by atoms with E-state index in [1.54, 1.807) is 18.3 Å². The Morgan fingerprint density at radius 2 is 1.74 bits per heavy atom. The van der Waals surface area contributed by atoms with Crippen molar-refractivity contribution >= 4 is 57.5 Å². The summed E-state index contributed by atoms with van der Waals surface area (Å²) in [6.07, 6.45) is 1.64. The van der Waals surface area contributed by atoms with Crippen molar-refractivity contribution < 1.29 is 4.79 Å². The lowest BCUT2D eigenvalue weighted by molar-refractivity contribution is 0.0745. The van der Waals surface area contributed by atoms with Crippen molar-refractivity contribution in [3.05, 3.63) is 55.7 Å². The van der Waals surface area contributed by atoms with Crippen molar-refractivity contribution in [1.29, 1.82) is 0 Å². The summed E-state index contributed by atoms with van der Waals surface area (Å²) in [5.41, 5.74) is 0.702. The SMILES string of the molecule is O=C(c1ccc(Cl)cc1I)N1CCN(c2ccc(Cl)cn2)CC1. The first-order chi connectivity index (χ1) is 11.0. The highest BCUT2D eigenvalue weighted by atomic mass is 127. The monoisotopic (exact) mass is 461 g/mol. The van der Waals surface area contributed by atoms with Gasteiger partial charge >= 0.3 is 0 Å². The summed E-state index contributed by atoms with van der Waals surface area (Å²) in [6, 6.07) is 9.09. The third kappa shape index (κ3) is 3.89. The van der Waals surface area contributed by atoms with E-state index < -0.39 is 0 Å². The number of nitrogens with zero attached hydrogens (tertiary/aromatic N) is 3. The molecule has 1 fully saturated rings. The summed E-state index contributed by atoms with van der Waals surface area (Å²) in [5.74, 6) is 0.942. The topological polar surface area (TPSA) is 36.4 Å². The fourth-order valence-electron chi connectivity index (χ4n) is 2.53. The van der Waals surface area contributed by atoms with Gasteiger partial charge in [-0.1, -0.05) is 23.2 Å². The van der Waals surface area contributed by atoms with Gasteiger partial charge in [-0.15, -0.1) is 0 Å². The van der Waals surface area contributed by atoms with E-state index in [0.717, 1.165) is 22.5 Å². The Bertz CT molecular complexity index is 716. The molecule has 2 aromatic rings. The Hall–Kier alpha value is -1.05. The number of halogens is 3. The van der Waals surface area contributed by atoms with E-state index in [4.69, 9.17) is 23.2 Å². The molecule has 120 valence electrons. The van der Waals surface area contributed by atoms with Gasteiger partial charge in [-0.05, 0) is 52.9 Å². The van der Waals surface area contributed by atoms with Crippen LogP contribution in [0.25, 0.3) is 0 Å². The van der Waals surface area contributed by atoms with Crippen LogP contribution >= 0.6 is 45.8 Å². The number of rotatable bonds is 2.